The van der Waals surface area contributed by atoms with Crippen molar-refractivity contribution < 1.29 is 31.1 Å². The van der Waals surface area contributed by atoms with Crippen molar-refractivity contribution in [3.05, 3.63) is 23.3 Å². The summed E-state index contributed by atoms with van der Waals surface area (Å²) in [6, 6.07) is 0.389. The molecule has 1 fully saturated rings. The summed E-state index contributed by atoms with van der Waals surface area (Å²) in [7, 11) is 0. The molecule has 10 heteroatoms. The molecule has 1 aliphatic rings. The Morgan fingerprint density at radius 1 is 1.04 bits per heavy atom. The van der Waals surface area contributed by atoms with Crippen molar-refractivity contribution in [1.29, 1.82) is 0 Å². The Morgan fingerprint density at radius 3 is 2.21 bits per heavy atom. The van der Waals surface area contributed by atoms with E-state index in [1.165, 1.54) is 4.57 Å². The summed E-state index contributed by atoms with van der Waals surface area (Å²) in [5.74, 6) is -0.235. The van der Waals surface area contributed by atoms with E-state index in [1.54, 1.807) is 0 Å². The van der Waals surface area contributed by atoms with Gasteiger partial charge in [-0.2, -0.15) is 26.3 Å². The van der Waals surface area contributed by atoms with E-state index in [9.17, 15) is 26.3 Å². The van der Waals surface area contributed by atoms with Crippen molar-refractivity contribution in [2.75, 3.05) is 18.9 Å². The molecule has 0 atom stereocenters. The first-order chi connectivity index (χ1) is 11.1. The standard InChI is InChI=1S/C14H13F6N3O/c15-13(16,17)7-5-9(14(18,19)20)11-10(6-7)23(12(21)22-11)8-1-3-24-4-2-8/h5-6,8H,1-4H2,(H2,21,22). The third-order valence-electron chi connectivity index (χ3n) is 4.01. The van der Waals surface area contributed by atoms with Crippen LogP contribution in [0.3, 0.4) is 0 Å². The van der Waals surface area contributed by atoms with Crippen LogP contribution in [0, 0.1) is 0 Å². The fourth-order valence-corrected chi connectivity index (χ4v) is 2.92. The number of halogens is 6. The molecule has 2 aromatic rings. The van der Waals surface area contributed by atoms with Gasteiger partial charge in [0.15, 0.2) is 0 Å². The van der Waals surface area contributed by atoms with Crippen LogP contribution in [-0.4, -0.2) is 22.8 Å². The lowest BCUT2D eigenvalue weighted by molar-refractivity contribution is -0.142. The van der Waals surface area contributed by atoms with Gasteiger partial charge in [-0.15, -0.1) is 0 Å². The van der Waals surface area contributed by atoms with Crippen LogP contribution in [0.15, 0.2) is 12.1 Å². The SMILES string of the molecule is Nc1nc2c(C(F)(F)F)cc(C(F)(F)F)cc2n1C1CCOCC1. The molecule has 0 amide bonds. The largest absolute Gasteiger partial charge is 0.418 e. The van der Waals surface area contributed by atoms with E-state index in [0.29, 0.717) is 32.1 Å². The van der Waals surface area contributed by atoms with E-state index in [0.717, 1.165) is 0 Å². The zero-order valence-corrected chi connectivity index (χ0v) is 12.2. The van der Waals surface area contributed by atoms with Crippen molar-refractivity contribution in [2.45, 2.75) is 31.2 Å². The number of aromatic nitrogens is 2. The van der Waals surface area contributed by atoms with Crippen LogP contribution in [0.4, 0.5) is 32.3 Å². The zero-order valence-electron chi connectivity index (χ0n) is 12.2. The van der Waals surface area contributed by atoms with Gasteiger partial charge in [0.1, 0.15) is 5.52 Å². The number of fused-ring (bicyclic) bond motifs is 1. The summed E-state index contributed by atoms with van der Waals surface area (Å²) in [5, 5.41) is 0. The molecule has 3 rings (SSSR count). The average Bonchev–Trinajstić information content (AvgIpc) is 2.80. The van der Waals surface area contributed by atoms with Gasteiger partial charge in [0.2, 0.25) is 5.95 Å². The van der Waals surface area contributed by atoms with Crippen molar-refractivity contribution in [3.8, 4) is 0 Å². The van der Waals surface area contributed by atoms with Crippen molar-refractivity contribution in [3.63, 3.8) is 0 Å². The minimum atomic E-state index is -4.97. The lowest BCUT2D eigenvalue weighted by Crippen LogP contribution is -2.21. The van der Waals surface area contributed by atoms with Crippen LogP contribution < -0.4 is 5.73 Å². The first kappa shape index (κ1) is 16.9. The Kier molecular flexibility index (Phi) is 3.89. The smallest absolute Gasteiger partial charge is 0.381 e. The molecule has 1 saturated heterocycles. The molecule has 1 aliphatic heterocycles. The van der Waals surface area contributed by atoms with E-state index in [4.69, 9.17) is 10.5 Å². The first-order valence-corrected chi connectivity index (χ1v) is 7.12. The predicted molar refractivity (Wildman–Crippen MR) is 73.2 cm³/mol. The molecule has 1 aromatic heterocycles. The molecule has 24 heavy (non-hydrogen) atoms. The van der Waals surface area contributed by atoms with E-state index in [-0.39, 0.29) is 23.6 Å². The molecule has 4 nitrogen and oxygen atoms in total. The van der Waals surface area contributed by atoms with Crippen LogP contribution in [0.2, 0.25) is 0 Å². The van der Waals surface area contributed by atoms with Crippen LogP contribution >= 0.6 is 0 Å². The van der Waals surface area contributed by atoms with E-state index in [2.05, 4.69) is 4.98 Å². The third kappa shape index (κ3) is 2.90. The summed E-state index contributed by atoms with van der Waals surface area (Å²) in [6.45, 7) is 0.712. The Balaban J connectivity index is 2.28. The molecular formula is C14H13F6N3O. The highest BCUT2D eigenvalue weighted by Crippen LogP contribution is 2.41. The zero-order chi connectivity index (χ0) is 17.7. The molecule has 0 unspecified atom stereocenters. The highest BCUT2D eigenvalue weighted by molar-refractivity contribution is 5.83. The number of anilines is 1. The van der Waals surface area contributed by atoms with Gasteiger partial charge in [0.05, 0.1) is 16.6 Å². The summed E-state index contributed by atoms with van der Waals surface area (Å²) < 4.78 is 85.0. The van der Waals surface area contributed by atoms with Gasteiger partial charge in [-0.3, -0.25) is 0 Å². The summed E-state index contributed by atoms with van der Waals surface area (Å²) in [4.78, 5) is 3.69. The van der Waals surface area contributed by atoms with E-state index >= 15 is 0 Å². The molecular weight excluding hydrogens is 340 g/mol. The van der Waals surface area contributed by atoms with Gasteiger partial charge >= 0.3 is 12.4 Å². The maximum atomic E-state index is 13.2. The molecule has 0 radical (unpaired) electrons. The molecule has 132 valence electrons. The van der Waals surface area contributed by atoms with Crippen molar-refractivity contribution in [1.82, 2.24) is 9.55 Å². The normalized spacial score (nSPS) is 17.6. The molecule has 2 heterocycles. The Bertz CT molecular complexity index is 758. The topological polar surface area (TPSA) is 53.1 Å². The Hall–Kier alpha value is -1.97. The molecule has 2 N–H and O–H groups in total. The number of hydrogen-bond acceptors (Lipinski definition) is 3. The molecule has 0 bridgehead atoms. The van der Waals surface area contributed by atoms with E-state index < -0.39 is 29.0 Å². The highest BCUT2D eigenvalue weighted by Gasteiger charge is 2.40. The number of alkyl halides is 6. The second-order valence-electron chi connectivity index (χ2n) is 5.57. The number of hydrogen-bond donors (Lipinski definition) is 1. The number of nitrogens with two attached hydrogens (primary N) is 1. The fraction of sp³-hybridized carbons (Fsp3) is 0.500. The monoisotopic (exact) mass is 353 g/mol. The lowest BCUT2D eigenvalue weighted by Gasteiger charge is -2.25. The van der Waals surface area contributed by atoms with Gasteiger partial charge in [0, 0.05) is 19.3 Å². The van der Waals surface area contributed by atoms with Crippen molar-refractivity contribution >= 4 is 17.0 Å². The second kappa shape index (κ2) is 5.54. The quantitative estimate of drug-likeness (QED) is 0.789. The lowest BCUT2D eigenvalue weighted by atomic mass is 10.1. The Morgan fingerprint density at radius 2 is 1.67 bits per heavy atom. The summed E-state index contributed by atoms with van der Waals surface area (Å²) >= 11 is 0. The maximum absolute atomic E-state index is 13.2. The van der Waals surface area contributed by atoms with Gasteiger partial charge in [-0.05, 0) is 25.0 Å². The van der Waals surface area contributed by atoms with Crippen molar-refractivity contribution in [2.24, 2.45) is 0 Å². The summed E-state index contributed by atoms with van der Waals surface area (Å²) in [6.07, 6.45) is -9.00. The fourth-order valence-electron chi connectivity index (χ4n) is 2.92. The number of rotatable bonds is 1. The number of ether oxygens (including phenoxy) is 1. The predicted octanol–water partition coefficient (Wildman–Crippen LogP) is 4.01. The third-order valence-corrected chi connectivity index (χ3v) is 4.01. The first-order valence-electron chi connectivity index (χ1n) is 7.12. The van der Waals surface area contributed by atoms with Gasteiger partial charge in [-0.25, -0.2) is 4.98 Å². The summed E-state index contributed by atoms with van der Waals surface area (Å²) in [5.41, 5.74) is 2.07. The Labute approximate surface area is 132 Å². The highest BCUT2D eigenvalue weighted by atomic mass is 19.4. The van der Waals surface area contributed by atoms with Crippen LogP contribution in [0.5, 0.6) is 0 Å². The number of benzene rings is 1. The van der Waals surface area contributed by atoms with Gasteiger partial charge < -0.3 is 15.0 Å². The molecule has 0 aliphatic carbocycles. The van der Waals surface area contributed by atoms with Gasteiger partial charge in [-0.1, -0.05) is 0 Å². The molecule has 0 saturated carbocycles. The maximum Gasteiger partial charge on any atom is 0.418 e. The molecule has 0 spiro atoms. The number of imidazole rings is 1. The number of nitrogens with zero attached hydrogens (tertiary/aromatic N) is 2. The second-order valence-corrected chi connectivity index (χ2v) is 5.57. The minimum Gasteiger partial charge on any atom is -0.381 e. The van der Waals surface area contributed by atoms with Crippen LogP contribution in [0.1, 0.15) is 30.0 Å². The minimum absolute atomic E-state index is 0.0725. The molecule has 1 aromatic carbocycles. The van der Waals surface area contributed by atoms with Crippen LogP contribution in [0.25, 0.3) is 11.0 Å². The average molecular weight is 353 g/mol. The van der Waals surface area contributed by atoms with E-state index in [1.807, 2.05) is 0 Å². The van der Waals surface area contributed by atoms with Gasteiger partial charge in [0.25, 0.3) is 0 Å². The number of nitrogen functional groups attached to an aromatic ring is 1. The van der Waals surface area contributed by atoms with Crippen LogP contribution in [-0.2, 0) is 17.1 Å².